The van der Waals surface area contributed by atoms with Gasteiger partial charge in [-0.2, -0.15) is 0 Å². The number of carbonyl (C=O) groups is 1. The summed E-state index contributed by atoms with van der Waals surface area (Å²) in [5, 5.41) is 13.9. The highest BCUT2D eigenvalue weighted by Gasteiger charge is 2.23. The van der Waals surface area contributed by atoms with Crippen LogP contribution in [0.25, 0.3) is 0 Å². The Kier molecular flexibility index (Phi) is 4.87. The van der Waals surface area contributed by atoms with Gasteiger partial charge in [-0.05, 0) is 38.0 Å². The molecule has 8 heteroatoms. The second-order valence-corrected chi connectivity index (χ2v) is 6.00. The smallest absolute Gasteiger partial charge is 0.290 e. The van der Waals surface area contributed by atoms with E-state index < -0.39 is 4.92 Å². The van der Waals surface area contributed by atoms with Crippen LogP contribution in [0.2, 0.25) is 0 Å². The number of anilines is 1. The van der Waals surface area contributed by atoms with Crippen molar-refractivity contribution in [2.45, 2.75) is 25.8 Å². The summed E-state index contributed by atoms with van der Waals surface area (Å²) in [5.74, 6) is 0.646. The lowest BCUT2D eigenvalue weighted by molar-refractivity contribution is -0.385. The van der Waals surface area contributed by atoms with Gasteiger partial charge in [0.15, 0.2) is 0 Å². The van der Waals surface area contributed by atoms with E-state index in [2.05, 4.69) is 20.2 Å². The van der Waals surface area contributed by atoms with E-state index in [0.717, 1.165) is 31.7 Å². The molecule has 0 saturated carbocycles. The van der Waals surface area contributed by atoms with Crippen molar-refractivity contribution in [1.82, 2.24) is 15.3 Å². The molecule has 25 heavy (non-hydrogen) atoms. The van der Waals surface area contributed by atoms with Crippen LogP contribution in [0, 0.1) is 17.0 Å². The lowest BCUT2D eigenvalue weighted by atomic mass is 10.0. The Morgan fingerprint density at radius 2 is 1.92 bits per heavy atom. The third kappa shape index (κ3) is 3.90. The number of pyridine rings is 2. The van der Waals surface area contributed by atoms with Crippen LogP contribution < -0.4 is 10.2 Å². The zero-order valence-electron chi connectivity index (χ0n) is 13.9. The maximum absolute atomic E-state index is 12.2. The zero-order valence-corrected chi connectivity index (χ0v) is 13.9. The fourth-order valence-electron chi connectivity index (χ4n) is 2.93. The highest BCUT2D eigenvalue weighted by atomic mass is 16.6. The number of hydrogen-bond acceptors (Lipinski definition) is 6. The number of nitrogens with zero attached hydrogens (tertiary/aromatic N) is 4. The Hall–Kier alpha value is -3.03. The van der Waals surface area contributed by atoms with Crippen molar-refractivity contribution in [3.05, 3.63) is 58.0 Å². The van der Waals surface area contributed by atoms with Crippen LogP contribution in [0.4, 0.5) is 11.5 Å². The lowest BCUT2D eigenvalue weighted by Gasteiger charge is -2.33. The van der Waals surface area contributed by atoms with E-state index in [4.69, 9.17) is 0 Å². The van der Waals surface area contributed by atoms with Crippen molar-refractivity contribution in [2.24, 2.45) is 0 Å². The van der Waals surface area contributed by atoms with Crippen molar-refractivity contribution in [3.8, 4) is 0 Å². The number of rotatable bonds is 4. The monoisotopic (exact) mass is 341 g/mol. The van der Waals surface area contributed by atoms with Crippen LogP contribution in [0.15, 0.2) is 36.7 Å². The molecule has 1 aliphatic heterocycles. The molecule has 0 atom stereocenters. The minimum Gasteiger partial charge on any atom is -0.356 e. The fraction of sp³-hybridized carbons (Fsp3) is 0.353. The molecule has 3 rings (SSSR count). The van der Waals surface area contributed by atoms with Crippen LogP contribution >= 0.6 is 0 Å². The number of nitro groups is 1. The molecule has 1 fully saturated rings. The molecule has 1 aliphatic rings. The summed E-state index contributed by atoms with van der Waals surface area (Å²) in [7, 11) is 0. The molecule has 3 heterocycles. The zero-order chi connectivity index (χ0) is 17.8. The van der Waals surface area contributed by atoms with Crippen molar-refractivity contribution in [3.63, 3.8) is 0 Å². The Bertz CT molecular complexity index is 773. The van der Waals surface area contributed by atoms with Crippen LogP contribution in [0.3, 0.4) is 0 Å². The van der Waals surface area contributed by atoms with E-state index in [-0.39, 0.29) is 17.6 Å². The molecular weight excluding hydrogens is 322 g/mol. The third-order valence-electron chi connectivity index (χ3n) is 4.34. The van der Waals surface area contributed by atoms with E-state index in [0.29, 0.717) is 11.3 Å². The molecule has 130 valence electrons. The summed E-state index contributed by atoms with van der Waals surface area (Å²) in [5.41, 5.74) is 1.05. The average molecular weight is 341 g/mol. The fourth-order valence-corrected chi connectivity index (χ4v) is 2.93. The van der Waals surface area contributed by atoms with E-state index in [9.17, 15) is 14.9 Å². The number of carbonyl (C=O) groups excluding carboxylic acids is 1. The Morgan fingerprint density at radius 3 is 2.52 bits per heavy atom. The summed E-state index contributed by atoms with van der Waals surface area (Å²) in [6.07, 6.45) is 4.79. The van der Waals surface area contributed by atoms with Crippen molar-refractivity contribution in [2.75, 3.05) is 18.0 Å². The Morgan fingerprint density at radius 1 is 1.24 bits per heavy atom. The summed E-state index contributed by atoms with van der Waals surface area (Å²) < 4.78 is 0. The molecule has 1 saturated heterocycles. The quantitative estimate of drug-likeness (QED) is 0.675. The van der Waals surface area contributed by atoms with Crippen LogP contribution in [0.5, 0.6) is 0 Å². The van der Waals surface area contributed by atoms with Gasteiger partial charge in [0.05, 0.1) is 4.92 Å². The second kappa shape index (κ2) is 7.25. The first kappa shape index (κ1) is 16.8. The number of aromatic nitrogens is 2. The van der Waals surface area contributed by atoms with Gasteiger partial charge in [-0.1, -0.05) is 0 Å². The summed E-state index contributed by atoms with van der Waals surface area (Å²) in [6.45, 7) is 3.13. The van der Waals surface area contributed by atoms with Crippen LogP contribution in [-0.2, 0) is 0 Å². The molecule has 0 spiro atoms. The van der Waals surface area contributed by atoms with Gasteiger partial charge in [-0.15, -0.1) is 0 Å². The molecule has 0 aromatic carbocycles. The molecule has 2 aromatic heterocycles. The van der Waals surface area contributed by atoms with Gasteiger partial charge in [-0.3, -0.25) is 19.9 Å². The van der Waals surface area contributed by atoms with Crippen molar-refractivity contribution in [1.29, 1.82) is 0 Å². The summed E-state index contributed by atoms with van der Waals surface area (Å²) in [6, 6.07) is 6.66. The first-order valence-corrected chi connectivity index (χ1v) is 8.12. The SMILES string of the molecule is Cc1nc(N2CCC(NC(=O)c3ccncc3)CC2)ccc1[N+](=O)[O-]. The van der Waals surface area contributed by atoms with Gasteiger partial charge in [0.2, 0.25) is 0 Å². The van der Waals surface area contributed by atoms with Crippen LogP contribution in [0.1, 0.15) is 28.9 Å². The second-order valence-electron chi connectivity index (χ2n) is 6.00. The number of hydrogen-bond donors (Lipinski definition) is 1. The number of piperidine rings is 1. The standard InChI is InChI=1S/C17H19N5O3/c1-12-15(22(24)25)2-3-16(19-12)21-10-6-14(7-11-21)20-17(23)13-4-8-18-9-5-13/h2-5,8-9,14H,6-7,10-11H2,1H3,(H,20,23). The first-order chi connectivity index (χ1) is 12.0. The van der Waals surface area contributed by atoms with Gasteiger partial charge in [0.1, 0.15) is 11.5 Å². The van der Waals surface area contributed by atoms with Crippen LogP contribution in [-0.4, -0.2) is 39.9 Å². The largest absolute Gasteiger partial charge is 0.356 e. The number of amides is 1. The summed E-state index contributed by atoms with van der Waals surface area (Å²) >= 11 is 0. The molecule has 0 bridgehead atoms. The summed E-state index contributed by atoms with van der Waals surface area (Å²) in [4.78, 5) is 33.0. The first-order valence-electron chi connectivity index (χ1n) is 8.12. The van der Waals surface area contributed by atoms with Gasteiger partial charge < -0.3 is 10.2 Å². The van der Waals surface area contributed by atoms with Gasteiger partial charge >= 0.3 is 0 Å². The Balaban J connectivity index is 1.58. The highest BCUT2D eigenvalue weighted by Crippen LogP contribution is 2.23. The molecule has 0 unspecified atom stereocenters. The lowest BCUT2D eigenvalue weighted by Crippen LogP contribution is -2.45. The third-order valence-corrected chi connectivity index (χ3v) is 4.34. The van der Waals surface area contributed by atoms with E-state index in [1.54, 1.807) is 37.5 Å². The van der Waals surface area contributed by atoms with Crippen molar-refractivity contribution >= 4 is 17.4 Å². The molecule has 1 amide bonds. The molecule has 2 aromatic rings. The average Bonchev–Trinajstić information content (AvgIpc) is 2.62. The van der Waals surface area contributed by atoms with E-state index in [1.165, 1.54) is 6.07 Å². The Labute approximate surface area is 145 Å². The number of aryl methyl sites for hydroxylation is 1. The molecule has 0 aliphatic carbocycles. The molecule has 0 radical (unpaired) electrons. The van der Waals surface area contributed by atoms with Gasteiger partial charge in [0.25, 0.3) is 11.6 Å². The molecular formula is C17H19N5O3. The predicted molar refractivity (Wildman–Crippen MR) is 92.6 cm³/mol. The minimum absolute atomic E-state index is 0.0308. The topological polar surface area (TPSA) is 101 Å². The molecule has 8 nitrogen and oxygen atoms in total. The van der Waals surface area contributed by atoms with E-state index >= 15 is 0 Å². The van der Waals surface area contributed by atoms with Gasteiger partial charge in [-0.25, -0.2) is 4.98 Å². The molecule has 1 N–H and O–H groups in total. The normalized spacial score (nSPS) is 15.0. The maximum atomic E-state index is 12.2. The van der Waals surface area contributed by atoms with Gasteiger partial charge in [0, 0.05) is 43.2 Å². The van der Waals surface area contributed by atoms with Crippen molar-refractivity contribution < 1.29 is 9.72 Å². The maximum Gasteiger partial charge on any atom is 0.290 e. The van der Waals surface area contributed by atoms with E-state index in [1.807, 2.05) is 0 Å². The predicted octanol–water partition coefficient (Wildman–Crippen LogP) is 2.09. The minimum atomic E-state index is -0.424. The number of nitrogens with one attached hydrogen (secondary N) is 1. The highest BCUT2D eigenvalue weighted by molar-refractivity contribution is 5.94.